The molecule has 138 valence electrons. The van der Waals surface area contributed by atoms with Gasteiger partial charge in [-0.3, -0.25) is 9.78 Å². The summed E-state index contributed by atoms with van der Waals surface area (Å²) in [6.45, 7) is 3.98. The molecule has 4 rings (SSSR count). The fourth-order valence-corrected chi connectivity index (χ4v) is 3.11. The molecule has 0 saturated heterocycles. The zero-order chi connectivity index (χ0) is 19.5. The zero-order valence-electron chi connectivity index (χ0n) is 15.6. The van der Waals surface area contributed by atoms with Gasteiger partial charge in [0.05, 0.1) is 11.2 Å². The van der Waals surface area contributed by atoms with Crippen LogP contribution in [0.4, 0.5) is 17.2 Å². The van der Waals surface area contributed by atoms with Crippen LogP contribution >= 0.6 is 0 Å². The number of fused-ring (bicyclic) bond motifs is 1. The van der Waals surface area contributed by atoms with Gasteiger partial charge in [-0.1, -0.05) is 24.3 Å². The summed E-state index contributed by atoms with van der Waals surface area (Å²) in [5.74, 6) is 0.247. The molecule has 0 atom stereocenters. The van der Waals surface area contributed by atoms with Crippen LogP contribution in [0, 0.1) is 13.8 Å². The van der Waals surface area contributed by atoms with Crippen LogP contribution in [0.2, 0.25) is 0 Å². The predicted octanol–water partition coefficient (Wildman–Crippen LogP) is 4.64. The van der Waals surface area contributed by atoms with Crippen molar-refractivity contribution in [1.29, 1.82) is 0 Å². The molecule has 0 radical (unpaired) electrons. The molecule has 6 nitrogen and oxygen atoms in total. The predicted molar refractivity (Wildman–Crippen MR) is 111 cm³/mol. The van der Waals surface area contributed by atoms with Gasteiger partial charge in [0.1, 0.15) is 0 Å². The van der Waals surface area contributed by atoms with Crippen LogP contribution in [0.5, 0.6) is 0 Å². The minimum absolute atomic E-state index is 0.251. The number of amides is 1. The summed E-state index contributed by atoms with van der Waals surface area (Å²) in [5.41, 5.74) is 4.85. The van der Waals surface area contributed by atoms with Crippen LogP contribution < -0.4 is 10.6 Å². The summed E-state index contributed by atoms with van der Waals surface area (Å²) in [6, 6.07) is 19.0. The molecular weight excluding hydrogens is 350 g/mol. The Morgan fingerprint density at radius 1 is 0.893 bits per heavy atom. The van der Waals surface area contributed by atoms with E-state index in [9.17, 15) is 4.79 Å². The van der Waals surface area contributed by atoms with E-state index in [2.05, 4.69) is 31.9 Å². The molecule has 2 aromatic carbocycles. The van der Waals surface area contributed by atoms with E-state index in [1.807, 2.05) is 56.3 Å². The van der Waals surface area contributed by atoms with Crippen LogP contribution in [0.1, 0.15) is 21.6 Å². The van der Waals surface area contributed by atoms with Crippen LogP contribution in [0.25, 0.3) is 10.9 Å². The number of nitrogens with zero attached hydrogens (tertiary/aromatic N) is 3. The van der Waals surface area contributed by atoms with Gasteiger partial charge in [-0.05, 0) is 61.4 Å². The molecule has 28 heavy (non-hydrogen) atoms. The molecule has 2 N–H and O–H groups in total. The third-order valence-corrected chi connectivity index (χ3v) is 4.27. The standard InChI is InChI=1S/C22H19N5O/c1-14-11-15(2)13-17(12-14)24-22(28)19-8-9-20(27-26-19)25-18-7-3-5-16-6-4-10-23-21(16)18/h3-13H,1-2H3,(H,24,28)(H,25,27). The second kappa shape index (κ2) is 7.44. The number of benzene rings is 2. The number of carbonyl (C=O) groups is 1. The van der Waals surface area contributed by atoms with Crippen molar-refractivity contribution in [1.82, 2.24) is 15.2 Å². The lowest BCUT2D eigenvalue weighted by atomic mass is 10.1. The molecule has 0 aliphatic rings. The Morgan fingerprint density at radius 3 is 2.43 bits per heavy atom. The second-order valence-electron chi connectivity index (χ2n) is 6.64. The highest BCUT2D eigenvalue weighted by Crippen LogP contribution is 2.23. The molecule has 0 aliphatic carbocycles. The van der Waals surface area contributed by atoms with E-state index in [4.69, 9.17) is 0 Å². The largest absolute Gasteiger partial charge is 0.337 e. The molecule has 0 fully saturated rings. The molecule has 2 heterocycles. The highest BCUT2D eigenvalue weighted by atomic mass is 16.1. The highest BCUT2D eigenvalue weighted by Gasteiger charge is 2.10. The average Bonchev–Trinajstić information content (AvgIpc) is 2.68. The van der Waals surface area contributed by atoms with E-state index in [1.54, 1.807) is 18.3 Å². The SMILES string of the molecule is Cc1cc(C)cc(NC(=O)c2ccc(Nc3cccc4cccnc34)nn2)c1. The number of para-hydroxylation sites is 1. The van der Waals surface area contributed by atoms with Gasteiger partial charge in [0.2, 0.25) is 0 Å². The summed E-state index contributed by atoms with van der Waals surface area (Å²) < 4.78 is 0. The summed E-state index contributed by atoms with van der Waals surface area (Å²) in [4.78, 5) is 16.8. The van der Waals surface area contributed by atoms with E-state index in [-0.39, 0.29) is 11.6 Å². The fourth-order valence-electron chi connectivity index (χ4n) is 3.11. The zero-order valence-corrected chi connectivity index (χ0v) is 15.6. The first-order valence-corrected chi connectivity index (χ1v) is 8.93. The Hall–Kier alpha value is -3.80. The Bertz CT molecular complexity index is 1130. The van der Waals surface area contributed by atoms with Crippen molar-refractivity contribution in [3.8, 4) is 0 Å². The molecule has 1 amide bonds. The van der Waals surface area contributed by atoms with Gasteiger partial charge in [-0.25, -0.2) is 0 Å². The van der Waals surface area contributed by atoms with Gasteiger partial charge < -0.3 is 10.6 Å². The molecule has 0 saturated carbocycles. The van der Waals surface area contributed by atoms with E-state index < -0.39 is 0 Å². The first kappa shape index (κ1) is 17.6. The van der Waals surface area contributed by atoms with Crippen molar-refractivity contribution in [2.75, 3.05) is 10.6 Å². The first-order valence-electron chi connectivity index (χ1n) is 8.93. The average molecular weight is 369 g/mol. The van der Waals surface area contributed by atoms with E-state index in [0.29, 0.717) is 5.82 Å². The summed E-state index contributed by atoms with van der Waals surface area (Å²) in [6.07, 6.45) is 1.75. The lowest BCUT2D eigenvalue weighted by molar-refractivity contribution is 0.102. The number of hydrogen-bond donors (Lipinski definition) is 2. The van der Waals surface area contributed by atoms with Crippen molar-refractivity contribution in [3.63, 3.8) is 0 Å². The van der Waals surface area contributed by atoms with Crippen LogP contribution in [-0.4, -0.2) is 21.1 Å². The lowest BCUT2D eigenvalue weighted by Gasteiger charge is -2.09. The maximum Gasteiger partial charge on any atom is 0.276 e. The topological polar surface area (TPSA) is 79.8 Å². The molecular formula is C22H19N5O. The molecule has 4 aromatic rings. The van der Waals surface area contributed by atoms with Gasteiger partial charge in [-0.15, -0.1) is 10.2 Å². The number of hydrogen-bond acceptors (Lipinski definition) is 5. The van der Waals surface area contributed by atoms with Crippen LogP contribution in [-0.2, 0) is 0 Å². The van der Waals surface area contributed by atoms with Gasteiger partial charge >= 0.3 is 0 Å². The monoisotopic (exact) mass is 369 g/mol. The van der Waals surface area contributed by atoms with E-state index >= 15 is 0 Å². The van der Waals surface area contributed by atoms with Gasteiger partial charge in [0.15, 0.2) is 11.5 Å². The maximum atomic E-state index is 12.4. The highest BCUT2D eigenvalue weighted by molar-refractivity contribution is 6.03. The normalized spacial score (nSPS) is 10.6. The van der Waals surface area contributed by atoms with Gasteiger partial charge in [-0.2, -0.15) is 0 Å². The minimum atomic E-state index is -0.295. The molecule has 0 unspecified atom stereocenters. The molecule has 0 aliphatic heterocycles. The van der Waals surface area contributed by atoms with Crippen LogP contribution in [0.3, 0.4) is 0 Å². The van der Waals surface area contributed by atoms with Crippen molar-refractivity contribution in [2.24, 2.45) is 0 Å². The number of aromatic nitrogens is 3. The number of pyridine rings is 1. The van der Waals surface area contributed by atoms with Gasteiger partial charge in [0.25, 0.3) is 5.91 Å². The number of nitrogens with one attached hydrogen (secondary N) is 2. The van der Waals surface area contributed by atoms with E-state index in [1.165, 1.54) is 0 Å². The molecule has 6 heteroatoms. The van der Waals surface area contributed by atoms with Crippen molar-refractivity contribution >= 4 is 34.0 Å². The van der Waals surface area contributed by atoms with Crippen molar-refractivity contribution in [3.05, 3.63) is 83.7 Å². The Labute approximate surface area is 162 Å². The number of rotatable bonds is 4. The Kier molecular flexibility index (Phi) is 4.68. The maximum absolute atomic E-state index is 12.4. The number of aryl methyl sites for hydroxylation is 2. The number of anilines is 3. The second-order valence-corrected chi connectivity index (χ2v) is 6.64. The first-order chi connectivity index (χ1) is 13.6. The molecule has 0 spiro atoms. The quantitative estimate of drug-likeness (QED) is 0.548. The van der Waals surface area contributed by atoms with Crippen LogP contribution in [0.15, 0.2) is 66.9 Å². The smallest absolute Gasteiger partial charge is 0.276 e. The Balaban J connectivity index is 1.51. The number of carbonyl (C=O) groups excluding carboxylic acids is 1. The van der Waals surface area contributed by atoms with Crippen molar-refractivity contribution < 1.29 is 4.79 Å². The minimum Gasteiger partial charge on any atom is -0.337 e. The van der Waals surface area contributed by atoms with Crippen molar-refractivity contribution in [2.45, 2.75) is 13.8 Å². The third kappa shape index (κ3) is 3.81. The summed E-state index contributed by atoms with van der Waals surface area (Å²) >= 11 is 0. The molecule has 0 bridgehead atoms. The molecule has 2 aromatic heterocycles. The summed E-state index contributed by atoms with van der Waals surface area (Å²) in [5, 5.41) is 15.3. The lowest BCUT2D eigenvalue weighted by Crippen LogP contribution is -2.14. The fraction of sp³-hybridized carbons (Fsp3) is 0.0909. The third-order valence-electron chi connectivity index (χ3n) is 4.27. The van der Waals surface area contributed by atoms with Gasteiger partial charge in [0, 0.05) is 17.3 Å². The Morgan fingerprint density at radius 2 is 1.68 bits per heavy atom. The summed E-state index contributed by atoms with van der Waals surface area (Å²) in [7, 11) is 0. The van der Waals surface area contributed by atoms with E-state index in [0.717, 1.165) is 33.4 Å².